The Hall–Kier alpha value is -1.87. The van der Waals surface area contributed by atoms with Crippen molar-refractivity contribution in [3.8, 4) is 0 Å². The van der Waals surface area contributed by atoms with Crippen molar-refractivity contribution in [3.05, 3.63) is 65.0 Å². The van der Waals surface area contributed by atoms with E-state index < -0.39 is 0 Å². The lowest BCUT2D eigenvalue weighted by molar-refractivity contribution is 0.242. The second kappa shape index (κ2) is 5.02. The van der Waals surface area contributed by atoms with Crippen LogP contribution in [0.2, 0.25) is 0 Å². The number of nitrogens with two attached hydrogens (primary N) is 1. The van der Waals surface area contributed by atoms with E-state index >= 15 is 0 Å². The van der Waals surface area contributed by atoms with Gasteiger partial charge in [-0.25, -0.2) is 4.39 Å². The van der Waals surface area contributed by atoms with Gasteiger partial charge in [-0.2, -0.15) is 0 Å². The molecule has 0 atom stereocenters. The molecule has 0 aliphatic carbocycles. The van der Waals surface area contributed by atoms with E-state index in [1.807, 2.05) is 24.3 Å². The summed E-state index contributed by atoms with van der Waals surface area (Å²) in [6.07, 6.45) is 0.941. The van der Waals surface area contributed by atoms with Crippen molar-refractivity contribution < 1.29 is 4.39 Å². The summed E-state index contributed by atoms with van der Waals surface area (Å²) in [5.41, 5.74) is 10.1. The molecule has 1 heterocycles. The third kappa shape index (κ3) is 2.47. The van der Waals surface area contributed by atoms with Gasteiger partial charge in [0, 0.05) is 30.9 Å². The smallest absolute Gasteiger partial charge is 0.127 e. The molecule has 0 amide bonds. The molecule has 3 heteroatoms. The summed E-state index contributed by atoms with van der Waals surface area (Å²) in [7, 11) is 0. The van der Waals surface area contributed by atoms with Gasteiger partial charge in [-0.15, -0.1) is 0 Å². The average Bonchev–Trinajstić information content (AvgIpc) is 2.42. The summed E-state index contributed by atoms with van der Waals surface area (Å²) in [6.45, 7) is 2.42. The zero-order valence-electron chi connectivity index (χ0n) is 10.8. The highest BCUT2D eigenvalue weighted by molar-refractivity contribution is 5.51. The van der Waals surface area contributed by atoms with Crippen molar-refractivity contribution in [1.29, 1.82) is 0 Å². The van der Waals surface area contributed by atoms with Gasteiger partial charge < -0.3 is 5.73 Å². The Bertz CT molecular complexity index is 595. The van der Waals surface area contributed by atoms with E-state index in [2.05, 4.69) is 11.0 Å². The molecule has 0 bridgehead atoms. The quantitative estimate of drug-likeness (QED) is 0.837. The zero-order chi connectivity index (χ0) is 13.2. The molecule has 0 fully saturated rings. The van der Waals surface area contributed by atoms with Gasteiger partial charge in [0.15, 0.2) is 0 Å². The van der Waals surface area contributed by atoms with Crippen LogP contribution in [0.25, 0.3) is 0 Å². The van der Waals surface area contributed by atoms with Crippen LogP contribution in [0.1, 0.15) is 16.7 Å². The van der Waals surface area contributed by atoms with E-state index in [4.69, 9.17) is 5.73 Å². The van der Waals surface area contributed by atoms with Gasteiger partial charge in [-0.1, -0.05) is 30.3 Å². The third-order valence-corrected chi connectivity index (χ3v) is 3.73. The molecular formula is C16H17FN2. The third-order valence-electron chi connectivity index (χ3n) is 3.73. The minimum Gasteiger partial charge on any atom is -0.398 e. The minimum atomic E-state index is -0.124. The average molecular weight is 256 g/mol. The number of anilines is 1. The van der Waals surface area contributed by atoms with Crippen LogP contribution in [0.15, 0.2) is 42.5 Å². The molecule has 2 aromatic rings. The first kappa shape index (κ1) is 12.2. The van der Waals surface area contributed by atoms with Crippen LogP contribution in [0.4, 0.5) is 10.1 Å². The number of rotatable bonds is 2. The predicted molar refractivity (Wildman–Crippen MR) is 75.1 cm³/mol. The zero-order valence-corrected chi connectivity index (χ0v) is 10.8. The fraction of sp³-hybridized carbons (Fsp3) is 0.250. The molecule has 1 aliphatic rings. The van der Waals surface area contributed by atoms with Crippen molar-refractivity contribution in [2.24, 2.45) is 0 Å². The SMILES string of the molecule is Nc1cccc2c1CCN(Cc1ccccc1F)C2. The van der Waals surface area contributed by atoms with Crippen molar-refractivity contribution in [3.63, 3.8) is 0 Å². The maximum absolute atomic E-state index is 13.7. The molecule has 3 rings (SSSR count). The second-order valence-electron chi connectivity index (χ2n) is 5.04. The molecule has 0 saturated carbocycles. The molecule has 0 aromatic heterocycles. The molecule has 0 unspecified atom stereocenters. The van der Waals surface area contributed by atoms with Crippen LogP contribution in [-0.4, -0.2) is 11.4 Å². The number of hydrogen-bond acceptors (Lipinski definition) is 2. The lowest BCUT2D eigenvalue weighted by Crippen LogP contribution is -2.30. The highest BCUT2D eigenvalue weighted by Gasteiger charge is 2.18. The Balaban J connectivity index is 1.78. The molecule has 0 radical (unpaired) electrons. The molecule has 0 saturated heterocycles. The number of benzene rings is 2. The standard InChI is InChI=1S/C16H17FN2/c17-15-6-2-1-4-13(15)11-19-9-8-14-12(10-19)5-3-7-16(14)18/h1-7H,8-11,18H2. The largest absolute Gasteiger partial charge is 0.398 e. The lowest BCUT2D eigenvalue weighted by Gasteiger charge is -2.29. The maximum Gasteiger partial charge on any atom is 0.127 e. The van der Waals surface area contributed by atoms with Gasteiger partial charge in [0.25, 0.3) is 0 Å². The van der Waals surface area contributed by atoms with Gasteiger partial charge >= 0.3 is 0 Å². The molecule has 2 nitrogen and oxygen atoms in total. The van der Waals surface area contributed by atoms with E-state index in [0.29, 0.717) is 6.54 Å². The van der Waals surface area contributed by atoms with E-state index in [9.17, 15) is 4.39 Å². The first-order valence-electron chi connectivity index (χ1n) is 6.56. The first-order chi connectivity index (χ1) is 9.24. The van der Waals surface area contributed by atoms with E-state index in [-0.39, 0.29) is 5.82 Å². The molecular weight excluding hydrogens is 239 g/mol. The van der Waals surface area contributed by atoms with Gasteiger partial charge in [-0.3, -0.25) is 4.90 Å². The summed E-state index contributed by atoms with van der Waals surface area (Å²) >= 11 is 0. The number of nitrogen functional groups attached to an aromatic ring is 1. The minimum absolute atomic E-state index is 0.124. The highest BCUT2D eigenvalue weighted by Crippen LogP contribution is 2.25. The van der Waals surface area contributed by atoms with E-state index in [1.165, 1.54) is 17.2 Å². The Kier molecular flexibility index (Phi) is 3.22. The normalized spacial score (nSPS) is 15.2. The summed E-state index contributed by atoms with van der Waals surface area (Å²) in [5.74, 6) is -0.124. The van der Waals surface area contributed by atoms with Gasteiger partial charge in [-0.05, 0) is 29.7 Å². The fourth-order valence-electron chi connectivity index (χ4n) is 2.70. The second-order valence-corrected chi connectivity index (χ2v) is 5.04. The predicted octanol–water partition coefficient (Wildman–Crippen LogP) is 2.97. The Labute approximate surface area is 112 Å². The van der Waals surface area contributed by atoms with Crippen LogP contribution in [-0.2, 0) is 19.5 Å². The van der Waals surface area contributed by atoms with Crippen LogP contribution in [0.5, 0.6) is 0 Å². The van der Waals surface area contributed by atoms with Crippen molar-refractivity contribution >= 4 is 5.69 Å². The number of nitrogens with zero attached hydrogens (tertiary/aromatic N) is 1. The molecule has 1 aliphatic heterocycles. The van der Waals surface area contributed by atoms with Crippen molar-refractivity contribution in [1.82, 2.24) is 4.90 Å². The molecule has 0 spiro atoms. The van der Waals surface area contributed by atoms with Crippen LogP contribution >= 0.6 is 0 Å². The van der Waals surface area contributed by atoms with Crippen LogP contribution in [0.3, 0.4) is 0 Å². The monoisotopic (exact) mass is 256 g/mol. The summed E-state index contributed by atoms with van der Waals surface area (Å²) in [5, 5.41) is 0. The van der Waals surface area contributed by atoms with E-state index in [0.717, 1.165) is 30.8 Å². The first-order valence-corrected chi connectivity index (χ1v) is 6.56. The Morgan fingerprint density at radius 2 is 1.95 bits per heavy atom. The number of hydrogen-bond donors (Lipinski definition) is 1. The molecule has 98 valence electrons. The number of halogens is 1. The van der Waals surface area contributed by atoms with Gasteiger partial charge in [0.05, 0.1) is 0 Å². The topological polar surface area (TPSA) is 29.3 Å². The summed E-state index contributed by atoms with van der Waals surface area (Å²) in [6, 6.07) is 13.0. The molecule has 19 heavy (non-hydrogen) atoms. The number of fused-ring (bicyclic) bond motifs is 1. The summed E-state index contributed by atoms with van der Waals surface area (Å²) in [4.78, 5) is 2.26. The van der Waals surface area contributed by atoms with Crippen molar-refractivity contribution in [2.45, 2.75) is 19.5 Å². The van der Waals surface area contributed by atoms with Gasteiger partial charge in [0.1, 0.15) is 5.82 Å². The molecule has 2 aromatic carbocycles. The Morgan fingerprint density at radius 1 is 1.11 bits per heavy atom. The van der Waals surface area contributed by atoms with Crippen LogP contribution in [0, 0.1) is 5.82 Å². The molecule has 2 N–H and O–H groups in total. The fourth-order valence-corrected chi connectivity index (χ4v) is 2.70. The highest BCUT2D eigenvalue weighted by atomic mass is 19.1. The summed E-state index contributed by atoms with van der Waals surface area (Å²) < 4.78 is 13.7. The maximum atomic E-state index is 13.7. The van der Waals surface area contributed by atoms with Gasteiger partial charge in [0.2, 0.25) is 0 Å². The lowest BCUT2D eigenvalue weighted by atomic mass is 9.97. The Morgan fingerprint density at radius 3 is 2.79 bits per heavy atom. The van der Waals surface area contributed by atoms with Crippen LogP contribution < -0.4 is 5.73 Å². The van der Waals surface area contributed by atoms with Crippen molar-refractivity contribution in [2.75, 3.05) is 12.3 Å². The van der Waals surface area contributed by atoms with E-state index in [1.54, 1.807) is 6.07 Å².